The van der Waals surface area contributed by atoms with E-state index in [-0.39, 0.29) is 0 Å². The van der Waals surface area contributed by atoms with E-state index >= 15 is 0 Å². The molecule has 0 aliphatic heterocycles. The van der Waals surface area contributed by atoms with Crippen molar-refractivity contribution in [2.45, 2.75) is 106 Å². The fourth-order valence-corrected chi connectivity index (χ4v) is 12.7. The zero-order valence-electron chi connectivity index (χ0n) is 13.8. The first-order chi connectivity index (χ1) is 10.4. The van der Waals surface area contributed by atoms with Gasteiger partial charge < -0.3 is 0 Å². The van der Waals surface area contributed by atoms with E-state index < -0.39 is 0 Å². The monoisotopic (exact) mass is 324 g/mol. The molecule has 4 saturated carbocycles. The van der Waals surface area contributed by atoms with E-state index in [9.17, 15) is 0 Å². The molecule has 0 aromatic heterocycles. The summed E-state index contributed by atoms with van der Waals surface area (Å²) < 4.78 is 0. The van der Waals surface area contributed by atoms with Gasteiger partial charge in [0.15, 0.2) is 0 Å². The summed E-state index contributed by atoms with van der Waals surface area (Å²) in [6.07, 6.45) is 24.2. The normalized spacial score (nSPS) is 28.3. The van der Waals surface area contributed by atoms with Crippen molar-refractivity contribution in [1.82, 2.24) is 0 Å². The second-order valence-electron chi connectivity index (χ2n) is 8.17. The van der Waals surface area contributed by atoms with E-state index in [1.54, 1.807) is 95.8 Å². The molecule has 4 rings (SSSR count). The van der Waals surface area contributed by atoms with Crippen LogP contribution < -0.4 is 0 Å². The van der Waals surface area contributed by atoms with Gasteiger partial charge in [0, 0.05) is 0 Å². The van der Waals surface area contributed by atoms with E-state index in [0.29, 0.717) is 15.8 Å². The molecule has 4 fully saturated rings. The van der Waals surface area contributed by atoms with Gasteiger partial charge in [-0.3, -0.25) is 0 Å². The van der Waals surface area contributed by atoms with Crippen LogP contribution in [0.3, 0.4) is 0 Å². The standard InChI is InChI=1S/C19H34P2/c1-6-16(7-1)20(17-8-2-9-17)14-5-15-21(18-10-3-11-18)19-12-4-13-19/h16-19H,1-15H2. The molecule has 4 aliphatic rings. The minimum absolute atomic E-state index is 0.459. The van der Waals surface area contributed by atoms with Crippen molar-refractivity contribution in [3.63, 3.8) is 0 Å². The molecule has 0 spiro atoms. The number of hydrogen-bond acceptors (Lipinski definition) is 0. The van der Waals surface area contributed by atoms with Crippen molar-refractivity contribution in [1.29, 1.82) is 0 Å². The van der Waals surface area contributed by atoms with Gasteiger partial charge in [0.05, 0.1) is 0 Å². The van der Waals surface area contributed by atoms with Crippen LogP contribution in [0.4, 0.5) is 0 Å². The smallest absolute Gasteiger partial charge is 0.0207 e. The third kappa shape index (κ3) is 3.38. The van der Waals surface area contributed by atoms with Crippen molar-refractivity contribution in [2.75, 3.05) is 12.3 Å². The van der Waals surface area contributed by atoms with Crippen molar-refractivity contribution >= 4 is 15.8 Å². The highest BCUT2D eigenvalue weighted by Crippen LogP contribution is 2.62. The molecule has 0 atom stereocenters. The van der Waals surface area contributed by atoms with Crippen molar-refractivity contribution < 1.29 is 0 Å². The van der Waals surface area contributed by atoms with Gasteiger partial charge in [0.2, 0.25) is 0 Å². The lowest BCUT2D eigenvalue weighted by Gasteiger charge is -2.45. The lowest BCUT2D eigenvalue weighted by Crippen LogP contribution is -2.29. The predicted octanol–water partition coefficient (Wildman–Crippen LogP) is 6.55. The Morgan fingerprint density at radius 2 is 0.762 bits per heavy atom. The molecule has 21 heavy (non-hydrogen) atoms. The number of rotatable bonds is 8. The van der Waals surface area contributed by atoms with E-state index in [4.69, 9.17) is 0 Å². The Hall–Kier alpha value is 0.860. The lowest BCUT2D eigenvalue weighted by atomic mass is 9.99. The van der Waals surface area contributed by atoms with Crippen LogP contribution >= 0.6 is 15.8 Å². The second-order valence-corrected chi connectivity index (χ2v) is 14.0. The molecular weight excluding hydrogens is 290 g/mol. The van der Waals surface area contributed by atoms with Gasteiger partial charge in [-0.25, -0.2) is 0 Å². The molecule has 0 amide bonds. The third-order valence-corrected chi connectivity index (χ3v) is 14.5. The summed E-state index contributed by atoms with van der Waals surface area (Å²) in [5.74, 6) is 0. The van der Waals surface area contributed by atoms with E-state index in [1.807, 2.05) is 0 Å². The maximum atomic E-state index is 1.68. The van der Waals surface area contributed by atoms with Crippen LogP contribution in [0.1, 0.15) is 83.5 Å². The molecule has 0 aromatic rings. The molecular formula is C19H34P2. The van der Waals surface area contributed by atoms with E-state index in [1.165, 1.54) is 22.6 Å². The molecule has 0 heterocycles. The molecule has 2 heteroatoms. The zero-order chi connectivity index (χ0) is 14.1. The summed E-state index contributed by atoms with van der Waals surface area (Å²) in [6.45, 7) is 0. The van der Waals surface area contributed by atoms with Gasteiger partial charge in [-0.15, -0.1) is 15.8 Å². The highest BCUT2D eigenvalue weighted by molar-refractivity contribution is 7.60. The quantitative estimate of drug-likeness (QED) is 0.444. The van der Waals surface area contributed by atoms with Crippen LogP contribution in [0.15, 0.2) is 0 Å². The van der Waals surface area contributed by atoms with Crippen LogP contribution in [0.25, 0.3) is 0 Å². The maximum absolute atomic E-state index is 1.68. The first-order valence-corrected chi connectivity index (χ1v) is 13.3. The maximum Gasteiger partial charge on any atom is -0.0207 e. The van der Waals surface area contributed by atoms with Gasteiger partial charge in [-0.05, 0) is 92.7 Å². The van der Waals surface area contributed by atoms with Gasteiger partial charge in [-0.1, -0.05) is 25.7 Å². The number of hydrogen-bond donors (Lipinski definition) is 0. The molecule has 0 unspecified atom stereocenters. The van der Waals surface area contributed by atoms with Crippen molar-refractivity contribution in [3.05, 3.63) is 0 Å². The summed E-state index contributed by atoms with van der Waals surface area (Å²) in [5.41, 5.74) is 4.90. The fourth-order valence-electron chi connectivity index (χ4n) is 4.64. The molecule has 0 nitrogen and oxygen atoms in total. The topological polar surface area (TPSA) is 0 Å². The largest absolute Gasteiger partial charge is 0.100 e. The summed E-state index contributed by atoms with van der Waals surface area (Å²) >= 11 is 0. The van der Waals surface area contributed by atoms with Crippen LogP contribution in [0, 0.1) is 0 Å². The summed E-state index contributed by atoms with van der Waals surface area (Å²) in [6, 6.07) is 0. The summed E-state index contributed by atoms with van der Waals surface area (Å²) in [4.78, 5) is 0. The minimum Gasteiger partial charge on any atom is -0.100 e. The third-order valence-electron chi connectivity index (χ3n) is 7.01. The van der Waals surface area contributed by atoms with Crippen molar-refractivity contribution in [3.8, 4) is 0 Å². The Bertz CT molecular complexity index is 266. The van der Waals surface area contributed by atoms with Crippen LogP contribution in [0.2, 0.25) is 0 Å². The van der Waals surface area contributed by atoms with E-state index in [2.05, 4.69) is 0 Å². The predicted molar refractivity (Wildman–Crippen MR) is 98.7 cm³/mol. The van der Waals surface area contributed by atoms with Gasteiger partial charge in [0.1, 0.15) is 0 Å². The molecule has 4 aliphatic carbocycles. The highest BCUT2D eigenvalue weighted by Gasteiger charge is 2.37. The van der Waals surface area contributed by atoms with Gasteiger partial charge >= 0.3 is 0 Å². The summed E-state index contributed by atoms with van der Waals surface area (Å²) in [5, 5.41) is 0. The Labute approximate surface area is 134 Å². The Morgan fingerprint density at radius 1 is 0.476 bits per heavy atom. The SMILES string of the molecule is C1CC(P(CCCP(C2CCC2)C2CCC2)C2CCC2)C1. The molecule has 0 aromatic carbocycles. The molecule has 0 radical (unpaired) electrons. The molecule has 0 N–H and O–H groups in total. The molecule has 0 bridgehead atoms. The van der Waals surface area contributed by atoms with Crippen LogP contribution in [-0.2, 0) is 0 Å². The first-order valence-electron chi connectivity index (χ1n) is 9.93. The highest BCUT2D eigenvalue weighted by atomic mass is 31.1. The first kappa shape index (κ1) is 15.4. The fraction of sp³-hybridized carbons (Fsp3) is 1.00. The zero-order valence-corrected chi connectivity index (χ0v) is 15.6. The molecule has 0 saturated heterocycles. The average Bonchev–Trinajstić information content (AvgIpc) is 2.18. The minimum atomic E-state index is 0.459. The lowest BCUT2D eigenvalue weighted by molar-refractivity contribution is 0.472. The van der Waals surface area contributed by atoms with Crippen molar-refractivity contribution in [2.24, 2.45) is 0 Å². The Morgan fingerprint density at radius 3 is 0.952 bits per heavy atom. The van der Waals surface area contributed by atoms with Crippen LogP contribution in [-0.4, -0.2) is 35.0 Å². The summed E-state index contributed by atoms with van der Waals surface area (Å²) in [7, 11) is 0.918. The van der Waals surface area contributed by atoms with E-state index in [0.717, 1.165) is 0 Å². The van der Waals surface area contributed by atoms with Crippen LogP contribution in [0.5, 0.6) is 0 Å². The second kappa shape index (κ2) is 7.18. The molecule has 120 valence electrons. The van der Waals surface area contributed by atoms with Gasteiger partial charge in [-0.2, -0.15) is 0 Å². The Balaban J connectivity index is 1.25. The Kier molecular flexibility index (Phi) is 5.26. The van der Waals surface area contributed by atoms with Gasteiger partial charge in [0.25, 0.3) is 0 Å². The average molecular weight is 324 g/mol.